The number of H-pyrrole nitrogens is 1. The topological polar surface area (TPSA) is 70.9 Å². The Labute approximate surface area is 70.1 Å². The van der Waals surface area contributed by atoms with Gasteiger partial charge >= 0.3 is 0 Å². The highest BCUT2D eigenvalue weighted by atomic mass is 16.2. The molecule has 0 aliphatic heterocycles. The van der Waals surface area contributed by atoms with Crippen molar-refractivity contribution in [1.82, 2.24) is 10.4 Å². The standard InChI is InChI=1S/C8H11N3O/c9-11-7(12)8(3-4-8)6-2-1-5-10-6/h1-2,5,10H,3-4,9H2,(H,11,12). The average molecular weight is 165 g/mol. The number of nitrogens with two attached hydrogens (primary N) is 1. The van der Waals surface area contributed by atoms with Crippen molar-refractivity contribution in [3.8, 4) is 0 Å². The van der Waals surface area contributed by atoms with Crippen LogP contribution in [0.2, 0.25) is 0 Å². The third kappa shape index (κ3) is 0.848. The summed E-state index contributed by atoms with van der Waals surface area (Å²) in [4.78, 5) is 14.4. The number of carbonyl (C=O) groups is 1. The molecule has 64 valence electrons. The van der Waals surface area contributed by atoms with Gasteiger partial charge in [-0.3, -0.25) is 10.2 Å². The summed E-state index contributed by atoms with van der Waals surface area (Å²) in [6.45, 7) is 0. The number of aromatic amines is 1. The molecule has 0 saturated heterocycles. The molecule has 1 amide bonds. The van der Waals surface area contributed by atoms with Gasteiger partial charge in [0.05, 0.1) is 5.41 Å². The molecule has 0 bridgehead atoms. The molecule has 1 aliphatic carbocycles. The number of hydrogen-bond donors (Lipinski definition) is 3. The molecule has 4 heteroatoms. The molecule has 1 aromatic rings. The molecular weight excluding hydrogens is 154 g/mol. The molecule has 0 aromatic carbocycles. The van der Waals surface area contributed by atoms with Gasteiger partial charge in [0.1, 0.15) is 0 Å². The van der Waals surface area contributed by atoms with Crippen LogP contribution in [-0.2, 0) is 10.2 Å². The van der Waals surface area contributed by atoms with Crippen LogP contribution in [0.15, 0.2) is 18.3 Å². The highest BCUT2D eigenvalue weighted by Gasteiger charge is 2.51. The largest absolute Gasteiger partial charge is 0.364 e. The second-order valence-corrected chi connectivity index (χ2v) is 3.14. The van der Waals surface area contributed by atoms with Crippen LogP contribution in [0.5, 0.6) is 0 Å². The quantitative estimate of drug-likeness (QED) is 0.329. The van der Waals surface area contributed by atoms with Crippen molar-refractivity contribution in [1.29, 1.82) is 0 Å². The minimum absolute atomic E-state index is 0.0926. The van der Waals surface area contributed by atoms with Crippen molar-refractivity contribution in [2.75, 3.05) is 0 Å². The smallest absolute Gasteiger partial charge is 0.246 e. The Balaban J connectivity index is 2.28. The van der Waals surface area contributed by atoms with Gasteiger partial charge in [-0.05, 0) is 25.0 Å². The number of aromatic nitrogens is 1. The molecule has 1 aromatic heterocycles. The fourth-order valence-electron chi connectivity index (χ4n) is 1.51. The first kappa shape index (κ1) is 7.36. The lowest BCUT2D eigenvalue weighted by atomic mass is 10.0. The molecule has 1 heterocycles. The minimum Gasteiger partial charge on any atom is -0.364 e. The van der Waals surface area contributed by atoms with Gasteiger partial charge in [0, 0.05) is 11.9 Å². The summed E-state index contributed by atoms with van der Waals surface area (Å²) in [5, 5.41) is 0. The Kier molecular flexibility index (Phi) is 1.44. The fourth-order valence-corrected chi connectivity index (χ4v) is 1.51. The van der Waals surface area contributed by atoms with E-state index in [1.54, 1.807) is 0 Å². The molecule has 4 nitrogen and oxygen atoms in total. The highest BCUT2D eigenvalue weighted by molar-refractivity contribution is 5.90. The molecule has 2 rings (SSSR count). The van der Waals surface area contributed by atoms with E-state index in [0.717, 1.165) is 18.5 Å². The Morgan fingerprint density at radius 3 is 2.83 bits per heavy atom. The van der Waals surface area contributed by atoms with Crippen LogP contribution in [0.3, 0.4) is 0 Å². The van der Waals surface area contributed by atoms with Crippen molar-refractivity contribution in [2.24, 2.45) is 5.84 Å². The number of nitrogens with one attached hydrogen (secondary N) is 2. The van der Waals surface area contributed by atoms with Gasteiger partial charge in [-0.25, -0.2) is 5.84 Å². The summed E-state index contributed by atoms with van der Waals surface area (Å²) in [7, 11) is 0. The van der Waals surface area contributed by atoms with Gasteiger partial charge in [0.2, 0.25) is 5.91 Å². The molecule has 12 heavy (non-hydrogen) atoms. The molecule has 0 spiro atoms. The monoisotopic (exact) mass is 165 g/mol. The van der Waals surface area contributed by atoms with E-state index in [4.69, 9.17) is 5.84 Å². The third-order valence-corrected chi connectivity index (χ3v) is 2.43. The zero-order valence-corrected chi connectivity index (χ0v) is 6.63. The average Bonchev–Trinajstić information content (AvgIpc) is 2.73. The molecule has 1 fully saturated rings. The van der Waals surface area contributed by atoms with E-state index in [1.807, 2.05) is 18.3 Å². The molecule has 4 N–H and O–H groups in total. The van der Waals surface area contributed by atoms with Crippen molar-refractivity contribution < 1.29 is 4.79 Å². The van der Waals surface area contributed by atoms with Gasteiger partial charge in [-0.1, -0.05) is 0 Å². The minimum atomic E-state index is -0.349. The van der Waals surface area contributed by atoms with Crippen LogP contribution < -0.4 is 11.3 Å². The van der Waals surface area contributed by atoms with Crippen LogP contribution in [0, 0.1) is 0 Å². The van der Waals surface area contributed by atoms with E-state index in [9.17, 15) is 4.79 Å². The predicted octanol–water partition coefficient (Wildman–Crippen LogP) is 0.0362. The lowest BCUT2D eigenvalue weighted by Crippen LogP contribution is -2.39. The third-order valence-electron chi connectivity index (χ3n) is 2.43. The van der Waals surface area contributed by atoms with Gasteiger partial charge < -0.3 is 4.98 Å². The van der Waals surface area contributed by atoms with Crippen LogP contribution in [0.25, 0.3) is 0 Å². The summed E-state index contributed by atoms with van der Waals surface area (Å²) in [6.07, 6.45) is 3.59. The number of carbonyl (C=O) groups excluding carboxylic acids is 1. The van der Waals surface area contributed by atoms with Crippen molar-refractivity contribution in [2.45, 2.75) is 18.3 Å². The molecule has 0 atom stereocenters. The summed E-state index contributed by atoms with van der Waals surface area (Å²) >= 11 is 0. The maximum atomic E-state index is 11.3. The van der Waals surface area contributed by atoms with E-state index in [0.29, 0.717) is 0 Å². The molecule has 0 radical (unpaired) electrons. The number of amides is 1. The SMILES string of the molecule is NNC(=O)C1(c2ccc[nH]2)CC1. The number of hydrogen-bond acceptors (Lipinski definition) is 2. The van der Waals surface area contributed by atoms with E-state index in [-0.39, 0.29) is 11.3 Å². The summed E-state index contributed by atoms with van der Waals surface area (Å²) < 4.78 is 0. The second-order valence-electron chi connectivity index (χ2n) is 3.14. The molecular formula is C8H11N3O. The normalized spacial score (nSPS) is 18.8. The van der Waals surface area contributed by atoms with Gasteiger partial charge in [-0.15, -0.1) is 0 Å². The van der Waals surface area contributed by atoms with Gasteiger partial charge in [-0.2, -0.15) is 0 Å². The highest BCUT2D eigenvalue weighted by Crippen LogP contribution is 2.47. The lowest BCUT2D eigenvalue weighted by molar-refractivity contribution is -0.123. The van der Waals surface area contributed by atoms with E-state index >= 15 is 0 Å². The Hall–Kier alpha value is -1.29. The van der Waals surface area contributed by atoms with Gasteiger partial charge in [0.25, 0.3) is 0 Å². The fraction of sp³-hybridized carbons (Fsp3) is 0.375. The molecule has 0 unspecified atom stereocenters. The van der Waals surface area contributed by atoms with Crippen molar-refractivity contribution >= 4 is 5.91 Å². The molecule has 1 saturated carbocycles. The van der Waals surface area contributed by atoms with Crippen LogP contribution in [0.1, 0.15) is 18.5 Å². The maximum absolute atomic E-state index is 11.3. The Bertz CT molecular complexity index is 287. The van der Waals surface area contributed by atoms with Crippen molar-refractivity contribution in [3.05, 3.63) is 24.0 Å². The first-order valence-electron chi connectivity index (χ1n) is 3.94. The van der Waals surface area contributed by atoms with E-state index in [2.05, 4.69) is 10.4 Å². The summed E-state index contributed by atoms with van der Waals surface area (Å²) in [5.74, 6) is 5.00. The van der Waals surface area contributed by atoms with E-state index in [1.165, 1.54) is 0 Å². The summed E-state index contributed by atoms with van der Waals surface area (Å²) in [6, 6.07) is 3.81. The Morgan fingerprint density at radius 2 is 2.42 bits per heavy atom. The van der Waals surface area contributed by atoms with Crippen LogP contribution in [-0.4, -0.2) is 10.9 Å². The number of rotatable bonds is 2. The van der Waals surface area contributed by atoms with Crippen LogP contribution in [0.4, 0.5) is 0 Å². The maximum Gasteiger partial charge on any atom is 0.246 e. The molecule has 1 aliphatic rings. The predicted molar refractivity (Wildman–Crippen MR) is 44.0 cm³/mol. The first-order chi connectivity index (χ1) is 5.79. The second kappa shape index (κ2) is 2.35. The lowest BCUT2D eigenvalue weighted by Gasteiger charge is -2.10. The van der Waals surface area contributed by atoms with Crippen molar-refractivity contribution in [3.63, 3.8) is 0 Å². The first-order valence-corrected chi connectivity index (χ1v) is 3.94. The van der Waals surface area contributed by atoms with E-state index < -0.39 is 0 Å². The van der Waals surface area contributed by atoms with Crippen LogP contribution >= 0.6 is 0 Å². The van der Waals surface area contributed by atoms with Gasteiger partial charge in [0.15, 0.2) is 0 Å². The summed E-state index contributed by atoms with van der Waals surface area (Å²) in [5.41, 5.74) is 2.81. The zero-order chi connectivity index (χ0) is 8.60. The zero-order valence-electron chi connectivity index (χ0n) is 6.63. The Morgan fingerprint density at radius 1 is 1.67 bits per heavy atom. The number of hydrazine groups is 1.